The molecule has 6 rings (SSSR count). The number of hydrogen-bond donors (Lipinski definition) is 2. The van der Waals surface area contributed by atoms with Gasteiger partial charge in [-0.15, -0.1) is 16.2 Å². The maximum Gasteiger partial charge on any atom is 0.638 e. The number of anilines is 2. The van der Waals surface area contributed by atoms with Crippen LogP contribution >= 0.6 is 11.3 Å². The molecule has 1 fully saturated rings. The quantitative estimate of drug-likeness (QED) is 0.329. The second-order valence-electron chi connectivity index (χ2n) is 9.68. The Kier molecular flexibility index (Phi) is 7.40. The summed E-state index contributed by atoms with van der Waals surface area (Å²) in [7, 11) is 0. The van der Waals surface area contributed by atoms with Gasteiger partial charge >= 0.3 is 18.1 Å². The number of aromatic nitrogens is 3. The number of rotatable bonds is 3. The van der Waals surface area contributed by atoms with E-state index in [0.717, 1.165) is 38.8 Å². The molecule has 2 aliphatic heterocycles. The van der Waals surface area contributed by atoms with E-state index in [1.165, 1.54) is 11.3 Å². The van der Waals surface area contributed by atoms with Crippen LogP contribution in [0, 0.1) is 19.9 Å². The third-order valence-electron chi connectivity index (χ3n) is 6.97. The zero-order chi connectivity index (χ0) is 29.4. The second-order valence-corrected chi connectivity index (χ2v) is 10.9. The van der Waals surface area contributed by atoms with Gasteiger partial charge in [0.15, 0.2) is 18.0 Å². The molecule has 4 aromatic rings. The van der Waals surface area contributed by atoms with E-state index in [-0.39, 0.29) is 23.3 Å². The molecular formula is C28H25F3N7O3S+. The number of aliphatic hydroxyl groups excluding tert-OH is 1. The number of benzene rings is 1. The maximum atomic E-state index is 13.5. The van der Waals surface area contributed by atoms with E-state index < -0.39 is 24.0 Å². The average Bonchev–Trinajstić information content (AvgIpc) is 3.53. The molecule has 0 radical (unpaired) electrons. The van der Waals surface area contributed by atoms with Gasteiger partial charge in [-0.1, -0.05) is 30.3 Å². The number of halogens is 3. The van der Waals surface area contributed by atoms with Crippen molar-refractivity contribution < 1.29 is 27.4 Å². The summed E-state index contributed by atoms with van der Waals surface area (Å²) in [6, 6.07) is 12.3. The molecule has 2 aliphatic rings. The van der Waals surface area contributed by atoms with Crippen LogP contribution in [0.25, 0.3) is 16.4 Å². The van der Waals surface area contributed by atoms with Crippen molar-refractivity contribution in [1.29, 1.82) is 0 Å². The van der Waals surface area contributed by atoms with Gasteiger partial charge in [0.25, 0.3) is 0 Å². The van der Waals surface area contributed by atoms with Crippen molar-refractivity contribution in [1.82, 2.24) is 15.2 Å². The Morgan fingerprint density at radius 1 is 1.14 bits per heavy atom. The van der Waals surface area contributed by atoms with Gasteiger partial charge in [0.1, 0.15) is 10.1 Å². The smallest absolute Gasteiger partial charge is 0.378 e. The highest BCUT2D eigenvalue weighted by atomic mass is 32.1. The summed E-state index contributed by atoms with van der Waals surface area (Å²) in [4.78, 5) is 15.8. The van der Waals surface area contributed by atoms with Gasteiger partial charge in [-0.3, -0.25) is 4.99 Å². The standard InChI is InChI=1S/C28H25F3N7O3S/c1-15-16(2)42-26-21(15)22(17-6-4-3-5-7-17)34-19(24(39)35-26)14-33-27-37-36-25(41-27)23-20(38-8-10-40-11-9-38)12-18(13-32-23)28(29,30)31/h3-7,12-13,19,24,35,39H,8-11H2,1-2H3/q+1. The number of nitrogens with zero attached hydrogens (tertiary/aromatic N) is 6. The van der Waals surface area contributed by atoms with E-state index in [4.69, 9.17) is 14.1 Å². The Hall–Kier alpha value is -4.32. The zero-order valence-electron chi connectivity index (χ0n) is 22.5. The molecule has 0 aliphatic carbocycles. The first-order valence-corrected chi connectivity index (χ1v) is 13.9. The van der Waals surface area contributed by atoms with Gasteiger partial charge in [0.05, 0.1) is 30.2 Å². The SMILES string of the molecule is Cc1sc2c(c1C)C(c1ccccc1)=NC(C#[N+]c1nnc(-c3ncc(C(F)(F)F)cc3N3CCOCC3)o1)C(O)N2. The van der Waals surface area contributed by atoms with Crippen molar-refractivity contribution in [2.75, 3.05) is 36.5 Å². The maximum absolute atomic E-state index is 13.5. The zero-order valence-corrected chi connectivity index (χ0v) is 23.3. The molecule has 14 heteroatoms. The van der Waals surface area contributed by atoms with Gasteiger partial charge in [-0.2, -0.15) is 13.2 Å². The van der Waals surface area contributed by atoms with Crippen LogP contribution in [0.1, 0.15) is 27.1 Å². The van der Waals surface area contributed by atoms with Crippen molar-refractivity contribution in [3.63, 3.8) is 0 Å². The molecule has 2 N–H and O–H groups in total. The number of fused-ring (bicyclic) bond motifs is 1. The molecule has 2 atom stereocenters. The first-order chi connectivity index (χ1) is 20.2. The predicted octanol–water partition coefficient (Wildman–Crippen LogP) is 5.28. The predicted molar refractivity (Wildman–Crippen MR) is 152 cm³/mol. The topological polar surface area (TPSA) is 113 Å². The third kappa shape index (κ3) is 5.46. The lowest BCUT2D eigenvalue weighted by molar-refractivity contribution is -0.137. The van der Waals surface area contributed by atoms with Crippen molar-refractivity contribution in [3.05, 3.63) is 74.6 Å². The summed E-state index contributed by atoms with van der Waals surface area (Å²) < 4.78 is 51.4. The second kappa shape index (κ2) is 11.2. The molecule has 0 bridgehead atoms. The summed E-state index contributed by atoms with van der Waals surface area (Å²) in [6.45, 7) is 5.50. The van der Waals surface area contributed by atoms with E-state index in [0.29, 0.717) is 32.0 Å². The summed E-state index contributed by atoms with van der Waals surface area (Å²) >= 11 is 1.52. The Balaban J connectivity index is 1.35. The van der Waals surface area contributed by atoms with Crippen LogP contribution < -0.4 is 10.2 Å². The van der Waals surface area contributed by atoms with E-state index >= 15 is 0 Å². The minimum absolute atomic E-state index is 0.0923. The number of morpholine rings is 1. The van der Waals surface area contributed by atoms with Crippen molar-refractivity contribution in [3.8, 4) is 17.7 Å². The molecule has 1 saturated heterocycles. The first kappa shape index (κ1) is 27.8. The van der Waals surface area contributed by atoms with Gasteiger partial charge in [0, 0.05) is 40.4 Å². The molecule has 0 amide bonds. The number of thiophene rings is 1. The van der Waals surface area contributed by atoms with Gasteiger partial charge in [0.2, 0.25) is 6.04 Å². The number of aliphatic imine (C=N–C) groups is 1. The Bertz CT molecular complexity index is 1700. The number of ether oxygens (including phenoxy) is 1. The van der Waals surface area contributed by atoms with Crippen LogP contribution in [-0.2, 0) is 10.9 Å². The summed E-state index contributed by atoms with van der Waals surface area (Å²) in [5.41, 5.74) is 2.90. The van der Waals surface area contributed by atoms with Gasteiger partial charge in [-0.25, -0.2) is 4.98 Å². The molecule has 5 heterocycles. The lowest BCUT2D eigenvalue weighted by Crippen LogP contribution is -2.36. The molecule has 216 valence electrons. The fourth-order valence-corrected chi connectivity index (χ4v) is 5.80. The highest BCUT2D eigenvalue weighted by Crippen LogP contribution is 2.38. The highest BCUT2D eigenvalue weighted by Gasteiger charge is 2.35. The number of alkyl halides is 3. The van der Waals surface area contributed by atoms with E-state index in [2.05, 4.69) is 31.4 Å². The van der Waals surface area contributed by atoms with E-state index in [9.17, 15) is 18.3 Å². The van der Waals surface area contributed by atoms with E-state index in [1.54, 1.807) is 4.90 Å². The monoisotopic (exact) mass is 596 g/mol. The molecule has 0 saturated carbocycles. The third-order valence-corrected chi connectivity index (χ3v) is 8.11. The van der Waals surface area contributed by atoms with E-state index in [1.807, 2.05) is 44.2 Å². The Labute approximate surface area is 242 Å². The number of hydrogen-bond acceptors (Lipinski definition) is 10. The van der Waals surface area contributed by atoms with Crippen LogP contribution in [0.4, 0.5) is 29.9 Å². The minimum Gasteiger partial charge on any atom is -0.378 e. The van der Waals surface area contributed by atoms with Crippen molar-refractivity contribution in [2.45, 2.75) is 32.3 Å². The average molecular weight is 597 g/mol. The number of nitrogens with one attached hydrogen (secondary N) is 1. The highest BCUT2D eigenvalue weighted by molar-refractivity contribution is 7.16. The lowest BCUT2D eigenvalue weighted by Gasteiger charge is -2.29. The van der Waals surface area contributed by atoms with Crippen LogP contribution in [-0.4, -0.2) is 64.6 Å². The summed E-state index contributed by atoms with van der Waals surface area (Å²) in [6.07, 6.45) is -4.99. The van der Waals surface area contributed by atoms with Crippen LogP contribution in [0.15, 0.2) is 52.0 Å². The van der Waals surface area contributed by atoms with Gasteiger partial charge in [-0.05, 0) is 25.5 Å². The fraction of sp³-hybridized carbons (Fsp3) is 0.321. The van der Waals surface area contributed by atoms with Crippen LogP contribution in [0.2, 0.25) is 0 Å². The van der Waals surface area contributed by atoms with Crippen molar-refractivity contribution >= 4 is 33.8 Å². The molecular weight excluding hydrogens is 571 g/mol. The molecule has 3 aromatic heterocycles. The number of aryl methyl sites for hydroxylation is 1. The normalized spacial score (nSPS) is 18.8. The molecule has 10 nitrogen and oxygen atoms in total. The summed E-state index contributed by atoms with van der Waals surface area (Å²) in [5.74, 6) is -0.105. The Morgan fingerprint density at radius 2 is 1.90 bits per heavy atom. The molecule has 1 aromatic carbocycles. The van der Waals surface area contributed by atoms with Crippen LogP contribution in [0.3, 0.4) is 0 Å². The first-order valence-electron chi connectivity index (χ1n) is 13.1. The Morgan fingerprint density at radius 3 is 2.64 bits per heavy atom. The molecule has 2 unspecified atom stereocenters. The molecule has 42 heavy (non-hydrogen) atoms. The van der Waals surface area contributed by atoms with Crippen molar-refractivity contribution in [2.24, 2.45) is 4.99 Å². The molecule has 0 spiro atoms. The fourth-order valence-electron chi connectivity index (χ4n) is 4.71. The summed E-state index contributed by atoms with van der Waals surface area (Å²) in [5, 5.41) is 22.8. The largest absolute Gasteiger partial charge is 0.638 e. The van der Waals surface area contributed by atoms with Crippen LogP contribution in [0.5, 0.6) is 0 Å². The number of aliphatic hydroxyl groups is 1. The van der Waals surface area contributed by atoms with Gasteiger partial charge < -0.3 is 24.5 Å². The minimum atomic E-state index is -4.57. The lowest BCUT2D eigenvalue weighted by atomic mass is 10.00. The number of pyridine rings is 1.